The third-order valence-corrected chi connectivity index (χ3v) is 2.59. The SMILES string of the molecule is S=CC1=CC=CN(C=S)S1. The zero-order valence-corrected chi connectivity index (χ0v) is 7.51. The van der Waals surface area contributed by atoms with E-state index in [1.807, 2.05) is 22.7 Å². The van der Waals surface area contributed by atoms with Crippen LogP contribution < -0.4 is 0 Å². The van der Waals surface area contributed by atoms with Gasteiger partial charge in [0.25, 0.3) is 0 Å². The highest BCUT2D eigenvalue weighted by molar-refractivity contribution is 8.04. The van der Waals surface area contributed by atoms with Crippen LogP contribution in [0.4, 0.5) is 0 Å². The Bertz CT molecular complexity index is 207. The van der Waals surface area contributed by atoms with Crippen LogP contribution in [0.15, 0.2) is 23.3 Å². The average molecular weight is 187 g/mol. The molecule has 0 aliphatic carbocycles. The van der Waals surface area contributed by atoms with Crippen LogP contribution >= 0.6 is 36.4 Å². The van der Waals surface area contributed by atoms with Gasteiger partial charge in [0.2, 0.25) is 0 Å². The quantitative estimate of drug-likeness (QED) is 0.482. The second-order valence-electron chi connectivity index (χ2n) is 1.58. The summed E-state index contributed by atoms with van der Waals surface area (Å²) >= 11 is 11.0. The van der Waals surface area contributed by atoms with Crippen molar-refractivity contribution in [3.8, 4) is 0 Å². The Morgan fingerprint density at radius 2 is 2.30 bits per heavy atom. The molecule has 0 bridgehead atoms. The van der Waals surface area contributed by atoms with E-state index in [4.69, 9.17) is 24.4 Å². The summed E-state index contributed by atoms with van der Waals surface area (Å²) in [5.74, 6) is 0. The Morgan fingerprint density at radius 1 is 1.50 bits per heavy atom. The van der Waals surface area contributed by atoms with Gasteiger partial charge in [0.15, 0.2) is 0 Å². The van der Waals surface area contributed by atoms with Crippen molar-refractivity contribution in [2.24, 2.45) is 0 Å². The van der Waals surface area contributed by atoms with Crippen molar-refractivity contribution >= 4 is 47.2 Å². The molecule has 1 heterocycles. The van der Waals surface area contributed by atoms with Crippen molar-refractivity contribution in [2.75, 3.05) is 0 Å². The number of hydrogen-bond donors (Lipinski definition) is 0. The fourth-order valence-electron chi connectivity index (χ4n) is 0.523. The summed E-state index contributed by atoms with van der Waals surface area (Å²) < 4.78 is 1.83. The predicted octanol–water partition coefficient (Wildman–Crippen LogP) is 2.30. The fourth-order valence-corrected chi connectivity index (χ4v) is 1.53. The Kier molecular flexibility index (Phi) is 3.05. The molecule has 4 heteroatoms. The monoisotopic (exact) mass is 187 g/mol. The molecule has 0 saturated carbocycles. The second kappa shape index (κ2) is 3.85. The van der Waals surface area contributed by atoms with E-state index in [1.165, 1.54) is 11.9 Å². The largest absolute Gasteiger partial charge is 0.284 e. The van der Waals surface area contributed by atoms with Gasteiger partial charge in [-0.3, -0.25) is 4.31 Å². The van der Waals surface area contributed by atoms with E-state index < -0.39 is 0 Å². The summed E-state index contributed by atoms with van der Waals surface area (Å²) in [5, 5.41) is 1.64. The molecule has 1 aliphatic rings. The standard InChI is InChI=1S/C6H5NS3/c8-4-6-2-1-3-7(5-9)10-6/h1-5H. The van der Waals surface area contributed by atoms with E-state index in [0.29, 0.717) is 0 Å². The van der Waals surface area contributed by atoms with Crippen LogP contribution in [0.1, 0.15) is 0 Å². The molecule has 10 heavy (non-hydrogen) atoms. The summed E-state index contributed by atoms with van der Waals surface area (Å²) in [7, 11) is 0. The first-order valence-corrected chi connectivity index (χ1v) is 4.33. The van der Waals surface area contributed by atoms with E-state index in [1.54, 1.807) is 10.9 Å². The summed E-state index contributed by atoms with van der Waals surface area (Å²) in [6.07, 6.45) is 5.75. The minimum atomic E-state index is 1.04. The van der Waals surface area contributed by atoms with Gasteiger partial charge in [-0.15, -0.1) is 0 Å². The first-order chi connectivity index (χ1) is 4.86. The summed E-state index contributed by atoms with van der Waals surface area (Å²) in [6.45, 7) is 0. The van der Waals surface area contributed by atoms with Gasteiger partial charge in [-0.25, -0.2) is 0 Å². The molecule has 0 saturated heterocycles. The van der Waals surface area contributed by atoms with Crippen molar-refractivity contribution in [1.29, 1.82) is 0 Å². The maximum atomic E-state index is 4.75. The van der Waals surface area contributed by atoms with Crippen molar-refractivity contribution < 1.29 is 0 Å². The van der Waals surface area contributed by atoms with E-state index >= 15 is 0 Å². The second-order valence-corrected chi connectivity index (χ2v) is 3.11. The summed E-state index contributed by atoms with van der Waals surface area (Å²) in [5.41, 5.74) is 1.58. The van der Waals surface area contributed by atoms with Crippen LogP contribution in [-0.4, -0.2) is 15.2 Å². The minimum Gasteiger partial charge on any atom is -0.284 e. The van der Waals surface area contributed by atoms with Gasteiger partial charge in [-0.1, -0.05) is 24.4 Å². The van der Waals surface area contributed by atoms with Gasteiger partial charge in [0.05, 0.1) is 5.49 Å². The molecule has 1 nitrogen and oxygen atoms in total. The van der Waals surface area contributed by atoms with Crippen molar-refractivity contribution in [3.05, 3.63) is 23.3 Å². The van der Waals surface area contributed by atoms with Crippen molar-refractivity contribution in [2.45, 2.75) is 0 Å². The lowest BCUT2D eigenvalue weighted by atomic mass is 10.5. The van der Waals surface area contributed by atoms with Crippen LogP contribution in [-0.2, 0) is 0 Å². The smallest absolute Gasteiger partial charge is 0.0789 e. The molecule has 0 N–H and O–H groups in total. The first kappa shape index (κ1) is 7.91. The lowest BCUT2D eigenvalue weighted by Crippen LogP contribution is -2.05. The molecular formula is C6H5NS3. The van der Waals surface area contributed by atoms with Crippen LogP contribution in [0.3, 0.4) is 0 Å². The zero-order valence-electron chi connectivity index (χ0n) is 5.06. The Hall–Kier alpha value is -0.190. The number of rotatable bonds is 2. The zero-order chi connectivity index (χ0) is 7.40. The molecule has 0 atom stereocenters. The highest BCUT2D eigenvalue weighted by Gasteiger charge is 2.01. The topological polar surface area (TPSA) is 3.24 Å². The number of thiocarbonyl (C=S) groups is 2. The minimum absolute atomic E-state index is 1.04. The molecule has 0 amide bonds. The normalized spacial score (nSPS) is 16.4. The summed E-state index contributed by atoms with van der Waals surface area (Å²) in [6, 6.07) is 0. The molecule has 0 radical (unpaired) electrons. The lowest BCUT2D eigenvalue weighted by molar-refractivity contribution is 0.981. The molecule has 1 rings (SSSR count). The van der Waals surface area contributed by atoms with Crippen LogP contribution in [0, 0.1) is 0 Å². The van der Waals surface area contributed by atoms with Crippen LogP contribution in [0.25, 0.3) is 0 Å². The van der Waals surface area contributed by atoms with Gasteiger partial charge < -0.3 is 0 Å². The van der Waals surface area contributed by atoms with Crippen molar-refractivity contribution in [1.82, 2.24) is 4.31 Å². The van der Waals surface area contributed by atoms with Gasteiger partial charge >= 0.3 is 0 Å². The third-order valence-electron chi connectivity index (χ3n) is 0.924. The molecule has 0 spiro atoms. The highest BCUT2D eigenvalue weighted by Crippen LogP contribution is 2.22. The van der Waals surface area contributed by atoms with E-state index in [-0.39, 0.29) is 0 Å². The number of hydrogen-bond acceptors (Lipinski definition) is 3. The van der Waals surface area contributed by atoms with E-state index in [2.05, 4.69) is 0 Å². The Labute approximate surface area is 74.9 Å². The maximum Gasteiger partial charge on any atom is 0.0789 e. The highest BCUT2D eigenvalue weighted by atomic mass is 32.2. The molecule has 0 unspecified atom stereocenters. The molecular weight excluding hydrogens is 182 g/mol. The third kappa shape index (κ3) is 1.90. The Balaban J connectivity index is 2.66. The molecule has 1 aliphatic heterocycles. The first-order valence-electron chi connectivity index (χ1n) is 2.62. The lowest BCUT2D eigenvalue weighted by Gasteiger charge is -2.14. The number of allylic oxidation sites excluding steroid dienone is 3. The van der Waals surface area contributed by atoms with Gasteiger partial charge in [-0.2, -0.15) is 0 Å². The van der Waals surface area contributed by atoms with Gasteiger partial charge in [0, 0.05) is 16.5 Å². The average Bonchev–Trinajstić information content (AvgIpc) is 2.05. The van der Waals surface area contributed by atoms with Gasteiger partial charge in [-0.05, 0) is 24.1 Å². The van der Waals surface area contributed by atoms with E-state index in [9.17, 15) is 0 Å². The maximum absolute atomic E-state index is 4.75. The Morgan fingerprint density at radius 3 is 2.90 bits per heavy atom. The molecule has 0 fully saturated rings. The number of nitrogens with zero attached hydrogens (tertiary/aromatic N) is 1. The van der Waals surface area contributed by atoms with Crippen LogP contribution in [0.5, 0.6) is 0 Å². The molecule has 0 aromatic heterocycles. The predicted molar refractivity (Wildman–Crippen MR) is 54.0 cm³/mol. The van der Waals surface area contributed by atoms with E-state index in [0.717, 1.165) is 4.91 Å². The summed E-state index contributed by atoms with van der Waals surface area (Å²) in [4.78, 5) is 1.04. The molecule has 52 valence electrons. The fraction of sp³-hybridized carbons (Fsp3) is 0. The molecule has 0 aromatic carbocycles. The van der Waals surface area contributed by atoms with Gasteiger partial charge in [0.1, 0.15) is 0 Å². The van der Waals surface area contributed by atoms with Crippen molar-refractivity contribution in [3.63, 3.8) is 0 Å². The van der Waals surface area contributed by atoms with Crippen LogP contribution in [0.2, 0.25) is 0 Å². The molecule has 0 aromatic rings.